The molecule has 3 aromatic rings. The molecule has 38 heavy (non-hydrogen) atoms. The molecule has 2 aromatic carbocycles. The van der Waals surface area contributed by atoms with Crippen molar-refractivity contribution in [2.45, 2.75) is 82.6 Å². The zero-order valence-electron chi connectivity index (χ0n) is 23.1. The molecule has 3 aliphatic heterocycles. The van der Waals surface area contributed by atoms with Crippen LogP contribution in [0.2, 0.25) is 18.1 Å². The number of benzene rings is 2. The summed E-state index contributed by atoms with van der Waals surface area (Å²) in [5.41, 5.74) is 0.622. The molecule has 5 atom stereocenters. The Bertz CT molecular complexity index is 1520. The van der Waals surface area contributed by atoms with Gasteiger partial charge in [0.25, 0.3) is 0 Å². The van der Waals surface area contributed by atoms with E-state index in [-0.39, 0.29) is 34.9 Å². The van der Waals surface area contributed by atoms with Crippen molar-refractivity contribution in [3.8, 4) is 23.5 Å². The Hall–Kier alpha value is -2.83. The summed E-state index contributed by atoms with van der Waals surface area (Å²) in [6.07, 6.45) is 0.227. The van der Waals surface area contributed by atoms with E-state index >= 15 is 0 Å². The largest absolute Gasteiger partial charge is 0.494 e. The van der Waals surface area contributed by atoms with Crippen LogP contribution in [-0.2, 0) is 25.1 Å². The van der Waals surface area contributed by atoms with Crippen LogP contribution in [0.1, 0.15) is 57.7 Å². The first kappa shape index (κ1) is 25.4. The maximum absolute atomic E-state index is 11.9. The summed E-state index contributed by atoms with van der Waals surface area (Å²) in [4.78, 5) is 0. The van der Waals surface area contributed by atoms with Crippen molar-refractivity contribution in [2.75, 3.05) is 6.61 Å². The molecule has 0 aliphatic carbocycles. The van der Waals surface area contributed by atoms with Crippen molar-refractivity contribution in [2.24, 2.45) is 5.92 Å². The Balaban J connectivity index is 1.52. The minimum Gasteiger partial charge on any atom is -0.494 e. The summed E-state index contributed by atoms with van der Waals surface area (Å²) in [6.45, 7) is 15.7. The molecule has 3 aliphatic rings. The van der Waals surface area contributed by atoms with Crippen LogP contribution in [-0.4, -0.2) is 41.9 Å². The minimum absolute atomic E-state index is 0.0393. The third-order valence-electron chi connectivity index (χ3n) is 9.68. The molecule has 2 bridgehead atoms. The van der Waals surface area contributed by atoms with E-state index in [1.54, 1.807) is 12.1 Å². The molecule has 2 saturated heterocycles. The van der Waals surface area contributed by atoms with Gasteiger partial charge in [-0.2, -0.15) is 5.26 Å². The molecule has 6 rings (SSSR count). The Morgan fingerprint density at radius 3 is 2.37 bits per heavy atom. The third kappa shape index (κ3) is 2.99. The van der Waals surface area contributed by atoms with E-state index < -0.39 is 19.5 Å². The molecule has 3 unspecified atom stereocenters. The molecule has 0 amide bonds. The fourth-order valence-electron chi connectivity index (χ4n) is 6.47. The molecule has 1 aromatic heterocycles. The lowest BCUT2D eigenvalue weighted by Crippen LogP contribution is -2.46. The van der Waals surface area contributed by atoms with Gasteiger partial charge in [0, 0.05) is 23.3 Å². The van der Waals surface area contributed by atoms with Gasteiger partial charge in [-0.1, -0.05) is 58.9 Å². The van der Waals surface area contributed by atoms with Crippen molar-refractivity contribution >= 4 is 19.1 Å². The first-order valence-corrected chi connectivity index (χ1v) is 16.4. The SMILES string of the molecule is CCC12OC(C(C)CO[Si](C)(C)C(C)(C)C)(c3c1c(O)n(-c1ccc(C#N)c4ccccc14)c3O)[C@@H]1O[C@@H]12. The third-order valence-corrected chi connectivity index (χ3v) is 14.2. The highest BCUT2D eigenvalue weighted by Crippen LogP contribution is 2.74. The highest BCUT2D eigenvalue weighted by Gasteiger charge is 2.82. The smallest absolute Gasteiger partial charge is 0.205 e. The summed E-state index contributed by atoms with van der Waals surface area (Å²) in [6, 6.07) is 13.3. The lowest BCUT2D eigenvalue weighted by atomic mass is 9.73. The Labute approximate surface area is 224 Å². The highest BCUT2D eigenvalue weighted by molar-refractivity contribution is 6.74. The molecule has 200 valence electrons. The van der Waals surface area contributed by atoms with Gasteiger partial charge >= 0.3 is 0 Å². The van der Waals surface area contributed by atoms with Gasteiger partial charge in [0.05, 0.1) is 28.4 Å². The predicted molar refractivity (Wildman–Crippen MR) is 147 cm³/mol. The number of epoxide rings is 1. The van der Waals surface area contributed by atoms with Gasteiger partial charge in [0.15, 0.2) is 8.32 Å². The lowest BCUT2D eigenvalue weighted by molar-refractivity contribution is -0.179. The summed E-state index contributed by atoms with van der Waals surface area (Å²) < 4.78 is 21.3. The van der Waals surface area contributed by atoms with Crippen molar-refractivity contribution in [1.82, 2.24) is 4.57 Å². The topological polar surface area (TPSA) is 100 Å². The Morgan fingerprint density at radius 2 is 1.74 bits per heavy atom. The average molecular weight is 533 g/mol. The van der Waals surface area contributed by atoms with E-state index in [2.05, 4.69) is 46.9 Å². The van der Waals surface area contributed by atoms with Gasteiger partial charge in [-0.15, -0.1) is 0 Å². The number of hydrogen-bond acceptors (Lipinski definition) is 6. The van der Waals surface area contributed by atoms with Crippen LogP contribution < -0.4 is 0 Å². The first-order valence-electron chi connectivity index (χ1n) is 13.4. The molecular formula is C30H36N2O5Si. The fourth-order valence-corrected chi connectivity index (χ4v) is 7.57. The summed E-state index contributed by atoms with van der Waals surface area (Å²) in [5.74, 6) is -0.210. The van der Waals surface area contributed by atoms with E-state index in [0.29, 0.717) is 35.4 Å². The van der Waals surface area contributed by atoms with Crippen LogP contribution in [0, 0.1) is 17.2 Å². The van der Waals surface area contributed by atoms with Crippen LogP contribution in [0.4, 0.5) is 0 Å². The second kappa shape index (κ2) is 7.86. The average Bonchev–Trinajstić information content (AvgIpc) is 3.50. The maximum Gasteiger partial charge on any atom is 0.205 e. The summed E-state index contributed by atoms with van der Waals surface area (Å²) in [7, 11) is -2.03. The number of fused-ring (bicyclic) bond motifs is 9. The molecular weight excluding hydrogens is 496 g/mol. The molecule has 0 spiro atoms. The van der Waals surface area contributed by atoms with Crippen LogP contribution in [0.25, 0.3) is 16.5 Å². The van der Waals surface area contributed by atoms with Gasteiger partial charge in [0.2, 0.25) is 11.8 Å². The summed E-state index contributed by atoms with van der Waals surface area (Å²) >= 11 is 0. The maximum atomic E-state index is 11.9. The standard InChI is InChI=1S/C30H36N2O5Si/c1-8-29-22-23(30(37-29,25-24(29)36-25)17(2)16-35-38(6,7)28(3,4)5)27(34)32(26(22)33)21-14-13-18(15-31)19-11-9-10-12-20(19)21/h9-14,17,24-25,33-34H,8,16H2,1-7H3/t17?,24-,25+,29?,30?/m0/s1. The van der Waals surface area contributed by atoms with Crippen LogP contribution >= 0.6 is 0 Å². The molecule has 4 heterocycles. The van der Waals surface area contributed by atoms with Gasteiger partial charge in [-0.25, -0.2) is 0 Å². The highest BCUT2D eigenvalue weighted by atomic mass is 28.4. The number of nitrogens with zero attached hydrogens (tertiary/aromatic N) is 2. The number of hydrogen-bond donors (Lipinski definition) is 2. The molecule has 2 fully saturated rings. The second-order valence-electron chi connectivity index (χ2n) is 12.6. The van der Waals surface area contributed by atoms with Crippen LogP contribution in [0.15, 0.2) is 36.4 Å². The molecule has 8 heteroatoms. The van der Waals surface area contributed by atoms with Gasteiger partial charge in [-0.05, 0) is 36.7 Å². The normalized spacial score (nSPS) is 28.3. The van der Waals surface area contributed by atoms with Crippen molar-refractivity contribution < 1.29 is 24.1 Å². The van der Waals surface area contributed by atoms with E-state index in [1.807, 2.05) is 31.2 Å². The quantitative estimate of drug-likeness (QED) is 0.290. The van der Waals surface area contributed by atoms with Crippen LogP contribution in [0.3, 0.4) is 0 Å². The van der Waals surface area contributed by atoms with Gasteiger partial charge in [-0.3, -0.25) is 4.57 Å². The number of rotatable bonds is 6. The Kier molecular flexibility index (Phi) is 5.26. The van der Waals surface area contributed by atoms with Crippen molar-refractivity contribution in [3.63, 3.8) is 0 Å². The second-order valence-corrected chi connectivity index (χ2v) is 17.4. The fraction of sp³-hybridized carbons (Fsp3) is 0.500. The molecule has 2 N–H and O–H groups in total. The van der Waals surface area contributed by atoms with Gasteiger partial charge in [0.1, 0.15) is 23.4 Å². The van der Waals surface area contributed by atoms with E-state index in [1.165, 1.54) is 4.57 Å². The predicted octanol–water partition coefficient (Wildman–Crippen LogP) is 6.18. The number of ether oxygens (including phenoxy) is 2. The minimum atomic E-state index is -2.03. The number of aromatic nitrogens is 1. The number of aromatic hydroxyl groups is 2. The summed E-state index contributed by atoms with van der Waals surface area (Å²) in [5, 5.41) is 34.9. The molecule has 7 nitrogen and oxygen atoms in total. The molecule has 0 saturated carbocycles. The van der Waals surface area contributed by atoms with Gasteiger partial charge < -0.3 is 24.1 Å². The number of nitriles is 1. The lowest BCUT2D eigenvalue weighted by Gasteiger charge is -2.40. The van der Waals surface area contributed by atoms with E-state index in [9.17, 15) is 15.5 Å². The zero-order chi connectivity index (χ0) is 27.4. The van der Waals surface area contributed by atoms with Crippen molar-refractivity contribution in [3.05, 3.63) is 53.1 Å². The van der Waals surface area contributed by atoms with E-state index in [4.69, 9.17) is 13.9 Å². The first-order chi connectivity index (χ1) is 17.9. The Morgan fingerprint density at radius 1 is 1.08 bits per heavy atom. The monoisotopic (exact) mass is 532 g/mol. The van der Waals surface area contributed by atoms with Crippen molar-refractivity contribution in [1.29, 1.82) is 5.26 Å². The van der Waals surface area contributed by atoms with Crippen LogP contribution in [0.5, 0.6) is 11.8 Å². The van der Waals surface area contributed by atoms with E-state index in [0.717, 1.165) is 10.8 Å². The molecule has 0 radical (unpaired) electrons. The zero-order valence-corrected chi connectivity index (χ0v) is 24.1.